The third-order valence-electron chi connectivity index (χ3n) is 3.75. The van der Waals surface area contributed by atoms with Crippen LogP contribution in [0.3, 0.4) is 0 Å². The van der Waals surface area contributed by atoms with Crippen LogP contribution < -0.4 is 9.64 Å². The zero-order valence-electron chi connectivity index (χ0n) is 13.5. The molecule has 0 fully saturated rings. The lowest BCUT2D eigenvalue weighted by Gasteiger charge is -2.39. The Labute approximate surface area is 140 Å². The van der Waals surface area contributed by atoms with Crippen molar-refractivity contribution in [1.82, 2.24) is 4.90 Å². The van der Waals surface area contributed by atoms with E-state index in [1.54, 1.807) is 39.1 Å². The van der Waals surface area contributed by atoms with Crippen molar-refractivity contribution in [3.63, 3.8) is 0 Å². The van der Waals surface area contributed by atoms with Crippen LogP contribution in [0, 0.1) is 0 Å². The number of carbonyl (C=O) groups is 2. The van der Waals surface area contributed by atoms with Crippen LogP contribution in [0.4, 0.5) is 5.69 Å². The molecule has 1 aliphatic rings. The van der Waals surface area contributed by atoms with Gasteiger partial charge in [0.1, 0.15) is 5.75 Å². The third kappa shape index (κ3) is 3.76. The number of benzene rings is 1. The summed E-state index contributed by atoms with van der Waals surface area (Å²) in [6.07, 6.45) is 0.157. The van der Waals surface area contributed by atoms with E-state index in [1.807, 2.05) is 0 Å². The number of ether oxygens (including phenoxy) is 1. The monoisotopic (exact) mass is 340 g/mol. The van der Waals surface area contributed by atoms with E-state index in [9.17, 15) is 9.59 Å². The zero-order chi connectivity index (χ0) is 17.2. The molecule has 6 nitrogen and oxygen atoms in total. The number of hydrogen-bond acceptors (Lipinski definition) is 4. The summed E-state index contributed by atoms with van der Waals surface area (Å²) in [4.78, 5) is 27.6. The van der Waals surface area contributed by atoms with Crippen LogP contribution in [0.15, 0.2) is 18.2 Å². The van der Waals surface area contributed by atoms with Gasteiger partial charge in [0, 0.05) is 31.6 Å². The van der Waals surface area contributed by atoms with Crippen molar-refractivity contribution in [2.24, 2.45) is 0 Å². The molecule has 0 saturated heterocycles. The van der Waals surface area contributed by atoms with Crippen molar-refractivity contribution in [2.45, 2.75) is 25.9 Å². The molecule has 0 aromatic heterocycles. The van der Waals surface area contributed by atoms with Crippen LogP contribution in [0.5, 0.6) is 5.75 Å². The van der Waals surface area contributed by atoms with E-state index in [-0.39, 0.29) is 37.9 Å². The first-order valence-electron chi connectivity index (χ1n) is 7.41. The molecule has 1 aliphatic heterocycles. The van der Waals surface area contributed by atoms with Crippen LogP contribution in [-0.2, 0) is 9.59 Å². The number of amides is 2. The second kappa shape index (κ2) is 6.76. The number of aliphatic hydroxyl groups is 1. The SMILES string of the molecule is CN(CCO)C(=O)CCN1C(=O)C(C)(C)Oc2ccc(Cl)cc21. The van der Waals surface area contributed by atoms with E-state index >= 15 is 0 Å². The first-order valence-corrected chi connectivity index (χ1v) is 7.79. The van der Waals surface area contributed by atoms with Gasteiger partial charge in [0.15, 0.2) is 5.60 Å². The highest BCUT2D eigenvalue weighted by molar-refractivity contribution is 6.31. The first-order chi connectivity index (χ1) is 10.8. The molecular formula is C16H21ClN2O4. The van der Waals surface area contributed by atoms with Gasteiger partial charge in [0.05, 0.1) is 12.3 Å². The predicted molar refractivity (Wildman–Crippen MR) is 87.9 cm³/mol. The Hall–Kier alpha value is -1.79. The largest absolute Gasteiger partial charge is 0.476 e. The molecule has 1 aromatic rings. The molecule has 0 atom stereocenters. The number of halogens is 1. The first kappa shape index (κ1) is 17.6. The maximum Gasteiger partial charge on any atom is 0.270 e. The smallest absolute Gasteiger partial charge is 0.270 e. The number of anilines is 1. The Morgan fingerprint density at radius 3 is 2.78 bits per heavy atom. The van der Waals surface area contributed by atoms with Crippen LogP contribution in [0.1, 0.15) is 20.3 Å². The van der Waals surface area contributed by atoms with Gasteiger partial charge in [0.25, 0.3) is 5.91 Å². The van der Waals surface area contributed by atoms with E-state index < -0.39 is 5.60 Å². The van der Waals surface area contributed by atoms with Crippen molar-refractivity contribution in [3.05, 3.63) is 23.2 Å². The van der Waals surface area contributed by atoms with Gasteiger partial charge in [-0.25, -0.2) is 0 Å². The van der Waals surface area contributed by atoms with E-state index in [0.717, 1.165) is 0 Å². The summed E-state index contributed by atoms with van der Waals surface area (Å²) in [6, 6.07) is 5.08. The summed E-state index contributed by atoms with van der Waals surface area (Å²) >= 11 is 6.02. The fraction of sp³-hybridized carbons (Fsp3) is 0.500. The van der Waals surface area contributed by atoms with Crippen LogP contribution in [0.2, 0.25) is 5.02 Å². The van der Waals surface area contributed by atoms with Crippen molar-refractivity contribution in [1.29, 1.82) is 0 Å². The lowest BCUT2D eigenvalue weighted by molar-refractivity contribution is -0.133. The molecule has 0 radical (unpaired) electrons. The fourth-order valence-corrected chi connectivity index (χ4v) is 2.60. The maximum absolute atomic E-state index is 12.6. The normalized spacial score (nSPS) is 15.9. The highest BCUT2D eigenvalue weighted by Gasteiger charge is 2.41. The van der Waals surface area contributed by atoms with Crippen molar-refractivity contribution >= 4 is 29.1 Å². The van der Waals surface area contributed by atoms with Gasteiger partial charge in [-0.1, -0.05) is 11.6 Å². The number of aliphatic hydroxyl groups excluding tert-OH is 1. The van der Waals surface area contributed by atoms with E-state index in [4.69, 9.17) is 21.4 Å². The fourth-order valence-electron chi connectivity index (χ4n) is 2.44. The van der Waals surface area contributed by atoms with E-state index in [1.165, 1.54) is 9.80 Å². The van der Waals surface area contributed by atoms with Gasteiger partial charge in [-0.2, -0.15) is 0 Å². The minimum absolute atomic E-state index is 0.0931. The van der Waals surface area contributed by atoms with Crippen molar-refractivity contribution in [3.8, 4) is 5.75 Å². The zero-order valence-corrected chi connectivity index (χ0v) is 14.3. The Morgan fingerprint density at radius 2 is 2.13 bits per heavy atom. The Morgan fingerprint density at radius 1 is 1.43 bits per heavy atom. The molecule has 2 amide bonds. The van der Waals surface area contributed by atoms with Crippen LogP contribution in [0.25, 0.3) is 0 Å². The number of hydrogen-bond donors (Lipinski definition) is 1. The minimum Gasteiger partial charge on any atom is -0.476 e. The number of carbonyl (C=O) groups excluding carboxylic acids is 2. The second-order valence-corrected chi connectivity index (χ2v) is 6.41. The standard InChI is InChI=1S/C16H21ClN2O4/c1-16(2)15(22)19(7-6-14(21)18(3)8-9-20)12-10-11(17)4-5-13(12)23-16/h4-5,10,20H,6-9H2,1-3H3. The molecule has 0 aliphatic carbocycles. The highest BCUT2D eigenvalue weighted by atomic mass is 35.5. The van der Waals surface area contributed by atoms with E-state index in [2.05, 4.69) is 0 Å². The molecular weight excluding hydrogens is 320 g/mol. The average Bonchev–Trinajstić information content (AvgIpc) is 2.48. The number of fused-ring (bicyclic) bond motifs is 1. The van der Waals surface area contributed by atoms with Gasteiger partial charge in [-0.3, -0.25) is 9.59 Å². The highest BCUT2D eigenvalue weighted by Crippen LogP contribution is 2.39. The lowest BCUT2D eigenvalue weighted by atomic mass is 10.0. The van der Waals surface area contributed by atoms with Gasteiger partial charge < -0.3 is 19.6 Å². The van der Waals surface area contributed by atoms with Gasteiger partial charge in [-0.15, -0.1) is 0 Å². The predicted octanol–water partition coefficient (Wildman–Crippen LogP) is 1.68. The summed E-state index contributed by atoms with van der Waals surface area (Å²) in [6.45, 7) is 3.79. The van der Waals surface area contributed by atoms with Gasteiger partial charge in [-0.05, 0) is 32.0 Å². The van der Waals surface area contributed by atoms with Gasteiger partial charge in [0.2, 0.25) is 5.91 Å². The molecule has 0 spiro atoms. The Kier molecular flexibility index (Phi) is 5.16. The number of rotatable bonds is 5. The summed E-state index contributed by atoms with van der Waals surface area (Å²) < 4.78 is 5.73. The maximum atomic E-state index is 12.6. The number of likely N-dealkylation sites (N-methyl/N-ethyl adjacent to an activating group) is 1. The van der Waals surface area contributed by atoms with Gasteiger partial charge >= 0.3 is 0 Å². The number of nitrogens with zero attached hydrogens (tertiary/aromatic N) is 2. The molecule has 7 heteroatoms. The topological polar surface area (TPSA) is 70.1 Å². The molecule has 0 bridgehead atoms. The molecule has 1 heterocycles. The summed E-state index contributed by atoms with van der Waals surface area (Å²) in [5, 5.41) is 9.38. The molecule has 1 N–H and O–H groups in total. The van der Waals surface area contributed by atoms with Crippen molar-refractivity contribution < 1.29 is 19.4 Å². The molecule has 1 aromatic carbocycles. The lowest BCUT2D eigenvalue weighted by Crippen LogP contribution is -2.53. The van der Waals surface area contributed by atoms with Crippen LogP contribution >= 0.6 is 11.6 Å². The summed E-state index contributed by atoms with van der Waals surface area (Å²) in [5.41, 5.74) is -0.430. The Bertz CT molecular complexity index is 618. The molecule has 0 unspecified atom stereocenters. The molecule has 0 saturated carbocycles. The quantitative estimate of drug-likeness (QED) is 0.885. The Balaban J connectivity index is 2.21. The third-order valence-corrected chi connectivity index (χ3v) is 3.98. The molecule has 23 heavy (non-hydrogen) atoms. The molecule has 2 rings (SSSR count). The summed E-state index contributed by atoms with van der Waals surface area (Å²) in [5.74, 6) is 0.208. The van der Waals surface area contributed by atoms with E-state index in [0.29, 0.717) is 16.5 Å². The van der Waals surface area contributed by atoms with Crippen LogP contribution in [-0.4, -0.2) is 54.2 Å². The minimum atomic E-state index is -0.999. The average molecular weight is 341 g/mol. The summed E-state index contributed by atoms with van der Waals surface area (Å²) in [7, 11) is 1.62. The molecule has 126 valence electrons. The van der Waals surface area contributed by atoms with Crippen molar-refractivity contribution in [2.75, 3.05) is 31.6 Å². The second-order valence-electron chi connectivity index (χ2n) is 5.97.